The van der Waals surface area contributed by atoms with Crippen molar-refractivity contribution in [2.75, 3.05) is 26.7 Å². The molecule has 0 amide bonds. The lowest BCUT2D eigenvalue weighted by molar-refractivity contribution is 0.168. The van der Waals surface area contributed by atoms with E-state index in [0.717, 1.165) is 38.9 Å². The maximum absolute atomic E-state index is 5.93. The van der Waals surface area contributed by atoms with E-state index >= 15 is 0 Å². The number of hydrogen-bond acceptors (Lipinski definition) is 5. The molecule has 0 rings (SSSR count). The van der Waals surface area contributed by atoms with Crippen LogP contribution in [0.15, 0.2) is 0 Å². The van der Waals surface area contributed by atoms with Crippen molar-refractivity contribution in [2.24, 2.45) is 5.84 Å². The molecule has 0 aromatic carbocycles. The monoisotopic (exact) mass is 259 g/mol. The first-order valence-corrected chi connectivity index (χ1v) is 7.21. The van der Waals surface area contributed by atoms with Gasteiger partial charge in [-0.15, -0.1) is 0 Å². The molecule has 0 heterocycles. The molecule has 0 aliphatic rings. The fourth-order valence-corrected chi connectivity index (χ4v) is 1.97. The first-order chi connectivity index (χ1) is 8.51. The van der Waals surface area contributed by atoms with Crippen molar-refractivity contribution in [1.82, 2.24) is 21.0 Å². The maximum atomic E-state index is 5.93. The van der Waals surface area contributed by atoms with Crippen LogP contribution in [-0.2, 0) is 0 Å². The van der Waals surface area contributed by atoms with Crippen LogP contribution in [0.2, 0.25) is 0 Å². The summed E-state index contributed by atoms with van der Waals surface area (Å²) in [5, 5.41) is 12.3. The summed E-state index contributed by atoms with van der Waals surface area (Å²) in [6, 6.07) is 0.400. The Bertz CT molecular complexity index is 198. The standard InChI is InChI=1S/C13H33N5/c1-6-10-17-13(15-5,16-7-2)9-8-11-18(14)12(3)4/h12,15-17H,6-11,14H2,1-5H3. The maximum Gasteiger partial charge on any atom is 0.123 e. The summed E-state index contributed by atoms with van der Waals surface area (Å²) >= 11 is 0. The van der Waals surface area contributed by atoms with Crippen LogP contribution in [-0.4, -0.2) is 43.5 Å². The molecule has 0 radical (unpaired) electrons. The first kappa shape index (κ1) is 17.8. The summed E-state index contributed by atoms with van der Waals surface area (Å²) in [6.45, 7) is 11.4. The highest BCUT2D eigenvalue weighted by molar-refractivity contribution is 4.81. The van der Waals surface area contributed by atoms with Crippen LogP contribution in [0, 0.1) is 0 Å². The van der Waals surface area contributed by atoms with Gasteiger partial charge in [0.15, 0.2) is 0 Å². The zero-order valence-electron chi connectivity index (χ0n) is 12.8. The van der Waals surface area contributed by atoms with Gasteiger partial charge in [-0.05, 0) is 53.2 Å². The van der Waals surface area contributed by atoms with Gasteiger partial charge in [0.2, 0.25) is 0 Å². The Hall–Kier alpha value is -0.200. The molecule has 1 atom stereocenters. The zero-order valence-corrected chi connectivity index (χ0v) is 12.8. The van der Waals surface area contributed by atoms with E-state index in [4.69, 9.17) is 5.84 Å². The molecular weight excluding hydrogens is 226 g/mol. The van der Waals surface area contributed by atoms with Gasteiger partial charge in [0.25, 0.3) is 0 Å². The topological polar surface area (TPSA) is 65.3 Å². The molecular formula is C13H33N5. The summed E-state index contributed by atoms with van der Waals surface area (Å²) in [7, 11) is 1.99. The number of nitrogens with two attached hydrogens (primary N) is 1. The lowest BCUT2D eigenvalue weighted by Gasteiger charge is -2.36. The third-order valence-corrected chi connectivity index (χ3v) is 3.21. The van der Waals surface area contributed by atoms with Gasteiger partial charge in [-0.3, -0.25) is 21.8 Å². The summed E-state index contributed by atoms with van der Waals surface area (Å²) in [6.07, 6.45) is 3.20. The number of hydrogen-bond donors (Lipinski definition) is 4. The summed E-state index contributed by atoms with van der Waals surface area (Å²) < 4.78 is 0. The van der Waals surface area contributed by atoms with Crippen molar-refractivity contribution in [3.05, 3.63) is 0 Å². The van der Waals surface area contributed by atoms with Gasteiger partial charge in [-0.2, -0.15) is 0 Å². The first-order valence-electron chi connectivity index (χ1n) is 7.21. The fraction of sp³-hybridized carbons (Fsp3) is 1.00. The summed E-state index contributed by atoms with van der Waals surface area (Å²) in [4.78, 5) is 0. The lowest BCUT2D eigenvalue weighted by Crippen LogP contribution is -2.65. The molecule has 0 bridgehead atoms. The largest absolute Gasteiger partial charge is 0.290 e. The third-order valence-electron chi connectivity index (χ3n) is 3.21. The Labute approximate surface area is 113 Å². The average Bonchev–Trinajstić information content (AvgIpc) is 2.35. The van der Waals surface area contributed by atoms with E-state index in [-0.39, 0.29) is 5.79 Å². The highest BCUT2D eigenvalue weighted by Crippen LogP contribution is 2.07. The zero-order chi connectivity index (χ0) is 14.0. The van der Waals surface area contributed by atoms with Crippen molar-refractivity contribution in [3.8, 4) is 0 Å². The van der Waals surface area contributed by atoms with Crippen LogP contribution in [0.4, 0.5) is 0 Å². The van der Waals surface area contributed by atoms with Gasteiger partial charge in [0.05, 0.1) is 0 Å². The molecule has 18 heavy (non-hydrogen) atoms. The van der Waals surface area contributed by atoms with Gasteiger partial charge in [-0.25, -0.2) is 5.01 Å². The normalized spacial score (nSPS) is 15.3. The molecule has 0 aliphatic heterocycles. The van der Waals surface area contributed by atoms with Crippen LogP contribution in [0.3, 0.4) is 0 Å². The highest BCUT2D eigenvalue weighted by atomic mass is 15.4. The number of rotatable bonds is 11. The van der Waals surface area contributed by atoms with Gasteiger partial charge in [-0.1, -0.05) is 13.8 Å². The Morgan fingerprint density at radius 2 is 1.89 bits per heavy atom. The molecule has 1 unspecified atom stereocenters. The van der Waals surface area contributed by atoms with E-state index in [1.54, 1.807) is 0 Å². The van der Waals surface area contributed by atoms with Crippen LogP contribution in [0.1, 0.15) is 47.0 Å². The van der Waals surface area contributed by atoms with Crippen LogP contribution in [0.5, 0.6) is 0 Å². The predicted molar refractivity (Wildman–Crippen MR) is 79.0 cm³/mol. The molecule has 0 saturated carbocycles. The van der Waals surface area contributed by atoms with Crippen LogP contribution < -0.4 is 21.8 Å². The predicted octanol–water partition coefficient (Wildman–Crippen LogP) is 0.833. The van der Waals surface area contributed by atoms with Crippen molar-refractivity contribution in [2.45, 2.75) is 58.8 Å². The summed E-state index contributed by atoms with van der Waals surface area (Å²) in [5.74, 6) is 5.77. The molecule has 0 saturated heterocycles. The van der Waals surface area contributed by atoms with Crippen molar-refractivity contribution >= 4 is 0 Å². The lowest BCUT2D eigenvalue weighted by atomic mass is 10.1. The average molecular weight is 259 g/mol. The van der Waals surface area contributed by atoms with Crippen LogP contribution >= 0.6 is 0 Å². The minimum atomic E-state index is -0.164. The van der Waals surface area contributed by atoms with E-state index < -0.39 is 0 Å². The van der Waals surface area contributed by atoms with E-state index in [1.165, 1.54) is 0 Å². The second-order valence-electron chi connectivity index (χ2n) is 5.05. The Kier molecular flexibility index (Phi) is 9.59. The molecule has 0 aromatic rings. The molecule has 5 heteroatoms. The van der Waals surface area contributed by atoms with Crippen molar-refractivity contribution < 1.29 is 0 Å². The van der Waals surface area contributed by atoms with Gasteiger partial charge in [0, 0.05) is 12.6 Å². The molecule has 5 nitrogen and oxygen atoms in total. The Balaban J connectivity index is 4.21. The number of nitrogens with zero attached hydrogens (tertiary/aromatic N) is 1. The highest BCUT2D eigenvalue weighted by Gasteiger charge is 2.25. The number of hydrazine groups is 1. The second-order valence-corrected chi connectivity index (χ2v) is 5.05. The summed E-state index contributed by atoms with van der Waals surface area (Å²) in [5.41, 5.74) is 0. The second kappa shape index (κ2) is 9.69. The van der Waals surface area contributed by atoms with Crippen molar-refractivity contribution in [3.63, 3.8) is 0 Å². The molecule has 110 valence electrons. The number of nitrogens with one attached hydrogen (secondary N) is 3. The molecule has 0 aliphatic carbocycles. The fourth-order valence-electron chi connectivity index (χ4n) is 1.97. The van der Waals surface area contributed by atoms with E-state index in [2.05, 4.69) is 43.6 Å². The Morgan fingerprint density at radius 3 is 2.33 bits per heavy atom. The van der Waals surface area contributed by atoms with Crippen molar-refractivity contribution in [1.29, 1.82) is 0 Å². The molecule has 0 fully saturated rings. The smallest absolute Gasteiger partial charge is 0.123 e. The van der Waals surface area contributed by atoms with Gasteiger partial charge in [0.1, 0.15) is 5.79 Å². The minimum Gasteiger partial charge on any atom is -0.290 e. The van der Waals surface area contributed by atoms with Gasteiger partial charge < -0.3 is 0 Å². The molecule has 0 spiro atoms. The SMILES string of the molecule is CCCNC(CCCN(N)C(C)C)(NC)NCC. The molecule has 5 N–H and O–H groups in total. The third kappa shape index (κ3) is 6.66. The van der Waals surface area contributed by atoms with E-state index in [0.29, 0.717) is 6.04 Å². The van der Waals surface area contributed by atoms with E-state index in [1.807, 2.05) is 12.1 Å². The van der Waals surface area contributed by atoms with E-state index in [9.17, 15) is 0 Å². The minimum absolute atomic E-state index is 0.164. The van der Waals surface area contributed by atoms with Gasteiger partial charge >= 0.3 is 0 Å². The Morgan fingerprint density at radius 1 is 1.22 bits per heavy atom. The quantitative estimate of drug-likeness (QED) is 0.251. The molecule has 0 aromatic heterocycles. The van der Waals surface area contributed by atoms with Crippen LogP contribution in [0.25, 0.3) is 0 Å².